The van der Waals surface area contributed by atoms with Gasteiger partial charge in [0, 0.05) is 34.8 Å². The van der Waals surface area contributed by atoms with Crippen molar-refractivity contribution in [2.24, 2.45) is 0 Å². The first-order chi connectivity index (χ1) is 8.09. The van der Waals surface area contributed by atoms with Gasteiger partial charge in [-0.1, -0.05) is 0 Å². The minimum atomic E-state index is -0.334. The average Bonchev–Trinajstić information content (AvgIpc) is 2.32. The molecule has 1 saturated heterocycles. The lowest BCUT2D eigenvalue weighted by Crippen LogP contribution is -2.52. The highest BCUT2D eigenvalue weighted by Crippen LogP contribution is 2.15. The number of carbonyl (C=O) groups excluding carboxylic acids is 1. The van der Waals surface area contributed by atoms with E-state index in [0.717, 1.165) is 13.1 Å². The molecular weight excluding hydrogens is 334 g/mol. The van der Waals surface area contributed by atoms with E-state index in [2.05, 4.69) is 5.32 Å². The molecule has 1 aromatic rings. The molecule has 1 aromatic carbocycles. The Kier molecular flexibility index (Phi) is 3.98. The zero-order valence-corrected chi connectivity index (χ0v) is 11.7. The third-order valence-corrected chi connectivity index (χ3v) is 3.80. The van der Waals surface area contributed by atoms with Gasteiger partial charge in [-0.2, -0.15) is 0 Å². The van der Waals surface area contributed by atoms with Crippen molar-refractivity contribution >= 4 is 28.5 Å². The molecule has 1 aliphatic heterocycles. The Morgan fingerprint density at radius 1 is 1.59 bits per heavy atom. The molecule has 0 spiro atoms. The number of rotatable bonds is 1. The summed E-state index contributed by atoms with van der Waals surface area (Å²) in [5.74, 6) is -0.423. The summed E-state index contributed by atoms with van der Waals surface area (Å²) in [6, 6.07) is 4.79. The smallest absolute Gasteiger partial charge is 0.254 e. The number of nitrogens with one attached hydrogen (secondary N) is 1. The van der Waals surface area contributed by atoms with Crippen LogP contribution in [0, 0.1) is 9.39 Å². The third-order valence-electron chi connectivity index (χ3n) is 2.93. The summed E-state index contributed by atoms with van der Waals surface area (Å²) in [5, 5.41) is 3.22. The Labute approximate surface area is 114 Å². The molecule has 0 aromatic heterocycles. The van der Waals surface area contributed by atoms with Crippen LogP contribution in [0.2, 0.25) is 0 Å². The molecule has 0 saturated carbocycles. The molecule has 1 aliphatic rings. The minimum absolute atomic E-state index is 0.0886. The van der Waals surface area contributed by atoms with E-state index < -0.39 is 0 Å². The number of halogens is 2. The quantitative estimate of drug-likeness (QED) is 0.786. The fraction of sp³-hybridized carbons (Fsp3) is 0.417. The van der Waals surface area contributed by atoms with Crippen molar-refractivity contribution in [3.63, 3.8) is 0 Å². The van der Waals surface area contributed by atoms with Crippen LogP contribution in [0.4, 0.5) is 4.39 Å². The zero-order valence-electron chi connectivity index (χ0n) is 9.54. The van der Waals surface area contributed by atoms with E-state index in [0.29, 0.717) is 15.7 Å². The molecule has 0 bridgehead atoms. The molecule has 0 aliphatic carbocycles. The summed E-state index contributed by atoms with van der Waals surface area (Å²) >= 11 is 1.91. The molecular formula is C12H14FIN2O. The summed E-state index contributed by atoms with van der Waals surface area (Å²) in [6.07, 6.45) is 0. The van der Waals surface area contributed by atoms with Gasteiger partial charge in [-0.05, 0) is 47.7 Å². The van der Waals surface area contributed by atoms with Gasteiger partial charge in [-0.3, -0.25) is 4.79 Å². The highest BCUT2D eigenvalue weighted by Gasteiger charge is 2.24. The number of carbonyl (C=O) groups is 1. The summed E-state index contributed by atoms with van der Waals surface area (Å²) in [7, 11) is 0. The maximum absolute atomic E-state index is 13.4. The second-order valence-corrected chi connectivity index (χ2v) is 5.34. The van der Waals surface area contributed by atoms with E-state index in [-0.39, 0.29) is 17.8 Å². The van der Waals surface area contributed by atoms with Gasteiger partial charge < -0.3 is 10.2 Å². The first kappa shape index (κ1) is 12.8. The Hall–Kier alpha value is -0.690. The SMILES string of the molecule is C[C@H]1CNCCN1C(=O)c1ccc(I)c(F)c1. The molecule has 0 unspecified atom stereocenters. The summed E-state index contributed by atoms with van der Waals surface area (Å²) in [5.41, 5.74) is 0.427. The first-order valence-corrected chi connectivity index (χ1v) is 6.64. The summed E-state index contributed by atoms with van der Waals surface area (Å²) in [4.78, 5) is 14.0. The molecule has 1 heterocycles. The molecule has 5 heteroatoms. The maximum Gasteiger partial charge on any atom is 0.254 e. The number of nitrogens with zero attached hydrogens (tertiary/aromatic N) is 1. The molecule has 1 amide bonds. The van der Waals surface area contributed by atoms with Crippen molar-refractivity contribution in [1.82, 2.24) is 10.2 Å². The standard InChI is InChI=1S/C12H14FIN2O/c1-8-7-15-4-5-16(8)12(17)9-2-3-11(14)10(13)6-9/h2-3,6,8,15H,4-5,7H2,1H3/t8-/m0/s1. The van der Waals surface area contributed by atoms with E-state index in [1.165, 1.54) is 6.07 Å². The van der Waals surface area contributed by atoms with Crippen LogP contribution in [0.5, 0.6) is 0 Å². The van der Waals surface area contributed by atoms with Gasteiger partial charge in [0.15, 0.2) is 0 Å². The number of hydrogen-bond donors (Lipinski definition) is 1. The van der Waals surface area contributed by atoms with Crippen molar-refractivity contribution in [3.8, 4) is 0 Å². The highest BCUT2D eigenvalue weighted by molar-refractivity contribution is 14.1. The lowest BCUT2D eigenvalue weighted by atomic mass is 10.1. The normalized spacial score (nSPS) is 20.4. The fourth-order valence-electron chi connectivity index (χ4n) is 1.94. The number of hydrogen-bond acceptors (Lipinski definition) is 2. The minimum Gasteiger partial charge on any atom is -0.333 e. The van der Waals surface area contributed by atoms with Gasteiger partial charge in [0.2, 0.25) is 0 Å². The van der Waals surface area contributed by atoms with Crippen LogP contribution >= 0.6 is 22.6 Å². The predicted molar refractivity (Wildman–Crippen MR) is 72.5 cm³/mol. The lowest BCUT2D eigenvalue weighted by Gasteiger charge is -2.34. The molecule has 0 radical (unpaired) electrons. The van der Waals surface area contributed by atoms with Gasteiger partial charge in [0.1, 0.15) is 5.82 Å². The zero-order chi connectivity index (χ0) is 12.4. The molecule has 3 nitrogen and oxygen atoms in total. The van der Waals surface area contributed by atoms with Gasteiger partial charge in [-0.25, -0.2) is 4.39 Å². The Morgan fingerprint density at radius 2 is 2.35 bits per heavy atom. The van der Waals surface area contributed by atoms with Gasteiger partial charge >= 0.3 is 0 Å². The van der Waals surface area contributed by atoms with E-state index in [4.69, 9.17) is 0 Å². The maximum atomic E-state index is 13.4. The second kappa shape index (κ2) is 5.30. The van der Waals surface area contributed by atoms with E-state index in [9.17, 15) is 9.18 Å². The summed E-state index contributed by atoms with van der Waals surface area (Å²) in [6.45, 7) is 4.25. The third kappa shape index (κ3) is 2.77. The summed E-state index contributed by atoms with van der Waals surface area (Å²) < 4.78 is 13.9. The van der Waals surface area contributed by atoms with E-state index >= 15 is 0 Å². The molecule has 92 valence electrons. The monoisotopic (exact) mass is 348 g/mol. The van der Waals surface area contributed by atoms with Crippen LogP contribution in [0.3, 0.4) is 0 Å². The van der Waals surface area contributed by atoms with E-state index in [1.807, 2.05) is 29.5 Å². The van der Waals surface area contributed by atoms with E-state index in [1.54, 1.807) is 17.0 Å². The van der Waals surface area contributed by atoms with Crippen molar-refractivity contribution < 1.29 is 9.18 Å². The van der Waals surface area contributed by atoms with Gasteiger partial charge in [-0.15, -0.1) is 0 Å². The van der Waals surface area contributed by atoms with Gasteiger partial charge in [0.05, 0.1) is 0 Å². The topological polar surface area (TPSA) is 32.3 Å². The predicted octanol–water partition coefficient (Wildman–Crippen LogP) is 1.86. The van der Waals surface area contributed by atoms with Crippen LogP contribution in [-0.4, -0.2) is 36.5 Å². The molecule has 1 fully saturated rings. The number of piperazine rings is 1. The second-order valence-electron chi connectivity index (χ2n) is 4.18. The number of benzene rings is 1. The highest BCUT2D eigenvalue weighted by atomic mass is 127. The fourth-order valence-corrected chi connectivity index (χ4v) is 2.27. The molecule has 17 heavy (non-hydrogen) atoms. The van der Waals surface area contributed by atoms with Crippen LogP contribution in [-0.2, 0) is 0 Å². The Morgan fingerprint density at radius 3 is 3.00 bits per heavy atom. The van der Waals surface area contributed by atoms with Crippen LogP contribution in [0.25, 0.3) is 0 Å². The Bertz CT molecular complexity index is 439. The van der Waals surface area contributed by atoms with Crippen LogP contribution in [0.15, 0.2) is 18.2 Å². The largest absolute Gasteiger partial charge is 0.333 e. The molecule has 1 atom stereocenters. The molecule has 2 rings (SSSR count). The van der Waals surface area contributed by atoms with Gasteiger partial charge in [0.25, 0.3) is 5.91 Å². The van der Waals surface area contributed by atoms with Crippen molar-refractivity contribution in [1.29, 1.82) is 0 Å². The molecule has 1 N–H and O–H groups in total. The average molecular weight is 348 g/mol. The van der Waals surface area contributed by atoms with Crippen LogP contribution < -0.4 is 5.32 Å². The lowest BCUT2D eigenvalue weighted by molar-refractivity contribution is 0.0655. The first-order valence-electron chi connectivity index (χ1n) is 5.56. The van der Waals surface area contributed by atoms with Crippen molar-refractivity contribution in [2.75, 3.05) is 19.6 Å². The Balaban J connectivity index is 2.21. The van der Waals surface area contributed by atoms with Crippen LogP contribution in [0.1, 0.15) is 17.3 Å². The number of amides is 1. The van der Waals surface area contributed by atoms with Crippen molar-refractivity contribution in [2.45, 2.75) is 13.0 Å². The van der Waals surface area contributed by atoms with Crippen molar-refractivity contribution in [3.05, 3.63) is 33.1 Å².